The average molecular weight is 488 g/mol. The van der Waals surface area contributed by atoms with Gasteiger partial charge in [-0.15, -0.1) is 6.42 Å². The fraction of sp³-hybridized carbons (Fsp3) is 0.370. The topological polar surface area (TPSA) is 89.1 Å². The summed E-state index contributed by atoms with van der Waals surface area (Å²) >= 11 is 0. The SMILES string of the molecule is C#Cc1cccc(Nc2ncnc3cc(OC)c(OCCCN4CCC5(C4)CN(C)C(=O)O5)cc23)c1. The Labute approximate surface area is 210 Å². The van der Waals surface area contributed by atoms with Crippen LogP contribution in [0.25, 0.3) is 10.9 Å². The molecule has 5 rings (SSSR count). The van der Waals surface area contributed by atoms with E-state index in [0.717, 1.165) is 54.6 Å². The van der Waals surface area contributed by atoms with Crippen molar-refractivity contribution in [2.75, 3.05) is 52.3 Å². The number of nitrogens with zero attached hydrogens (tertiary/aromatic N) is 4. The molecule has 2 fully saturated rings. The molecule has 1 amide bonds. The van der Waals surface area contributed by atoms with E-state index in [2.05, 4.69) is 26.1 Å². The maximum Gasteiger partial charge on any atom is 0.410 e. The molecule has 2 aliphatic rings. The van der Waals surface area contributed by atoms with Crippen LogP contribution >= 0.6 is 0 Å². The first-order chi connectivity index (χ1) is 17.5. The van der Waals surface area contributed by atoms with Crippen LogP contribution in [0.15, 0.2) is 42.7 Å². The van der Waals surface area contributed by atoms with Crippen molar-refractivity contribution in [3.8, 4) is 23.8 Å². The summed E-state index contributed by atoms with van der Waals surface area (Å²) in [6.07, 6.45) is 8.51. The molecule has 3 aromatic rings. The van der Waals surface area contributed by atoms with Gasteiger partial charge in [0.1, 0.15) is 17.7 Å². The number of hydrogen-bond acceptors (Lipinski definition) is 8. The molecule has 2 aliphatic heterocycles. The fourth-order valence-corrected chi connectivity index (χ4v) is 4.85. The summed E-state index contributed by atoms with van der Waals surface area (Å²) in [5.74, 6) is 4.54. The zero-order valence-electron chi connectivity index (χ0n) is 20.5. The first kappa shape index (κ1) is 23.7. The van der Waals surface area contributed by atoms with Gasteiger partial charge in [-0.25, -0.2) is 14.8 Å². The molecule has 1 unspecified atom stereocenters. The highest BCUT2D eigenvalue weighted by Gasteiger charge is 2.48. The molecule has 1 aromatic heterocycles. The van der Waals surface area contributed by atoms with Crippen LogP contribution in [0.4, 0.5) is 16.3 Å². The standard InChI is InChI=1S/C27H29N5O4/c1-4-19-7-5-8-20(13-19)30-25-21-14-24(23(34-3)15-22(21)28-18-29-25)35-12-6-10-32-11-9-27(17-32)16-31(2)26(33)36-27/h1,5,7-8,13-15,18H,6,9-12,16-17H2,2-3H3,(H,28,29,30). The van der Waals surface area contributed by atoms with Crippen molar-refractivity contribution in [3.63, 3.8) is 0 Å². The number of ether oxygens (including phenoxy) is 3. The molecule has 9 nitrogen and oxygen atoms in total. The van der Waals surface area contributed by atoms with E-state index in [9.17, 15) is 4.79 Å². The number of likely N-dealkylation sites (tertiary alicyclic amines) is 1. The van der Waals surface area contributed by atoms with Gasteiger partial charge in [-0.05, 0) is 30.7 Å². The number of aromatic nitrogens is 2. The Morgan fingerprint density at radius 2 is 2.11 bits per heavy atom. The second-order valence-electron chi connectivity index (χ2n) is 9.23. The van der Waals surface area contributed by atoms with Crippen molar-refractivity contribution < 1.29 is 19.0 Å². The number of rotatable bonds is 8. The molecule has 36 heavy (non-hydrogen) atoms. The zero-order valence-corrected chi connectivity index (χ0v) is 20.5. The van der Waals surface area contributed by atoms with E-state index in [4.69, 9.17) is 20.6 Å². The van der Waals surface area contributed by atoms with Gasteiger partial charge in [0.25, 0.3) is 0 Å². The van der Waals surface area contributed by atoms with Crippen molar-refractivity contribution in [2.24, 2.45) is 0 Å². The lowest BCUT2D eigenvalue weighted by molar-refractivity contribution is 0.0629. The number of benzene rings is 2. The van der Waals surface area contributed by atoms with Crippen molar-refractivity contribution in [3.05, 3.63) is 48.3 Å². The molecule has 2 aromatic carbocycles. The minimum atomic E-state index is -0.364. The van der Waals surface area contributed by atoms with E-state index >= 15 is 0 Å². The molecule has 0 aliphatic carbocycles. The van der Waals surface area contributed by atoms with E-state index in [1.807, 2.05) is 36.4 Å². The van der Waals surface area contributed by atoms with Crippen molar-refractivity contribution >= 4 is 28.5 Å². The molecule has 1 atom stereocenters. The largest absolute Gasteiger partial charge is 0.493 e. The first-order valence-corrected chi connectivity index (χ1v) is 11.9. The van der Waals surface area contributed by atoms with Gasteiger partial charge in [0.15, 0.2) is 11.5 Å². The highest BCUT2D eigenvalue weighted by Crippen LogP contribution is 2.35. The van der Waals surface area contributed by atoms with Gasteiger partial charge in [0.05, 0.1) is 25.8 Å². The molecule has 186 valence electrons. The summed E-state index contributed by atoms with van der Waals surface area (Å²) in [5, 5.41) is 4.14. The first-order valence-electron chi connectivity index (χ1n) is 11.9. The second kappa shape index (κ2) is 9.91. The van der Waals surface area contributed by atoms with E-state index in [1.54, 1.807) is 19.1 Å². The van der Waals surface area contributed by atoms with Gasteiger partial charge in [-0.2, -0.15) is 0 Å². The number of hydrogen-bond donors (Lipinski definition) is 1. The molecular weight excluding hydrogens is 458 g/mol. The highest BCUT2D eigenvalue weighted by molar-refractivity contribution is 5.93. The van der Waals surface area contributed by atoms with Crippen LogP contribution in [-0.4, -0.2) is 78.4 Å². The normalized spacial score (nSPS) is 19.5. The van der Waals surface area contributed by atoms with Gasteiger partial charge in [-0.1, -0.05) is 12.0 Å². The predicted octanol–water partition coefficient (Wildman–Crippen LogP) is 3.66. The third kappa shape index (κ3) is 4.86. The van der Waals surface area contributed by atoms with Crippen molar-refractivity contribution in [1.82, 2.24) is 19.8 Å². The van der Waals surface area contributed by atoms with E-state index < -0.39 is 0 Å². The smallest absolute Gasteiger partial charge is 0.410 e. The van der Waals surface area contributed by atoms with Crippen LogP contribution in [0.5, 0.6) is 11.5 Å². The minimum absolute atomic E-state index is 0.231. The van der Waals surface area contributed by atoms with Gasteiger partial charge < -0.3 is 24.4 Å². The summed E-state index contributed by atoms with van der Waals surface area (Å²) in [5.41, 5.74) is 2.00. The Bertz CT molecular complexity index is 1320. The number of anilines is 2. The molecule has 0 bridgehead atoms. The Morgan fingerprint density at radius 1 is 1.22 bits per heavy atom. The van der Waals surface area contributed by atoms with Crippen LogP contribution in [0.1, 0.15) is 18.4 Å². The molecule has 1 N–H and O–H groups in total. The lowest BCUT2D eigenvalue weighted by Crippen LogP contribution is -2.37. The average Bonchev–Trinajstić information content (AvgIpc) is 3.41. The fourth-order valence-electron chi connectivity index (χ4n) is 4.85. The molecule has 3 heterocycles. The summed E-state index contributed by atoms with van der Waals surface area (Å²) in [4.78, 5) is 24.6. The summed E-state index contributed by atoms with van der Waals surface area (Å²) in [7, 11) is 3.40. The number of carbonyl (C=O) groups excluding carboxylic acids is 1. The van der Waals surface area contributed by atoms with Gasteiger partial charge in [0, 0.05) is 55.8 Å². The lowest BCUT2D eigenvalue weighted by Gasteiger charge is -2.21. The molecular formula is C27H29N5O4. The monoisotopic (exact) mass is 487 g/mol. The Morgan fingerprint density at radius 3 is 2.89 bits per heavy atom. The predicted molar refractivity (Wildman–Crippen MR) is 137 cm³/mol. The van der Waals surface area contributed by atoms with Crippen LogP contribution in [0.2, 0.25) is 0 Å². The quantitative estimate of drug-likeness (QED) is 0.380. The summed E-state index contributed by atoms with van der Waals surface area (Å²) in [6.45, 7) is 3.70. The maximum absolute atomic E-state index is 11.8. The molecule has 9 heteroatoms. The van der Waals surface area contributed by atoms with Crippen molar-refractivity contribution in [1.29, 1.82) is 0 Å². The van der Waals surface area contributed by atoms with Gasteiger partial charge in [-0.3, -0.25) is 4.90 Å². The Hall–Kier alpha value is -4.03. The molecule has 0 saturated carbocycles. The van der Waals surface area contributed by atoms with Crippen LogP contribution < -0.4 is 14.8 Å². The van der Waals surface area contributed by atoms with Crippen LogP contribution in [-0.2, 0) is 4.74 Å². The van der Waals surface area contributed by atoms with Crippen molar-refractivity contribution in [2.45, 2.75) is 18.4 Å². The van der Waals surface area contributed by atoms with Gasteiger partial charge >= 0.3 is 6.09 Å². The number of methoxy groups -OCH3 is 1. The molecule has 2 saturated heterocycles. The zero-order chi connectivity index (χ0) is 25.1. The number of nitrogens with one attached hydrogen (secondary N) is 1. The lowest BCUT2D eigenvalue weighted by atomic mass is 10.0. The maximum atomic E-state index is 11.8. The second-order valence-corrected chi connectivity index (χ2v) is 9.23. The van der Waals surface area contributed by atoms with E-state index in [-0.39, 0.29) is 11.7 Å². The number of fused-ring (bicyclic) bond motifs is 1. The van der Waals surface area contributed by atoms with Gasteiger partial charge in [0.2, 0.25) is 0 Å². The number of likely N-dealkylation sites (N-methyl/N-ethyl adjacent to an activating group) is 1. The Balaban J connectivity index is 1.24. The summed E-state index contributed by atoms with van der Waals surface area (Å²) < 4.78 is 17.3. The number of carbonyl (C=O) groups is 1. The molecule has 1 spiro atoms. The Kier molecular flexibility index (Phi) is 6.53. The number of terminal acetylenes is 1. The van der Waals surface area contributed by atoms with Crippen LogP contribution in [0, 0.1) is 12.3 Å². The third-order valence-corrected chi connectivity index (χ3v) is 6.63. The minimum Gasteiger partial charge on any atom is -0.493 e. The van der Waals surface area contributed by atoms with E-state index in [0.29, 0.717) is 30.5 Å². The highest BCUT2D eigenvalue weighted by atomic mass is 16.6. The summed E-state index contributed by atoms with van der Waals surface area (Å²) in [6, 6.07) is 11.4. The number of amides is 1. The van der Waals surface area contributed by atoms with Crippen LogP contribution in [0.3, 0.4) is 0 Å². The third-order valence-electron chi connectivity index (χ3n) is 6.63. The molecule has 0 radical (unpaired) electrons. The van der Waals surface area contributed by atoms with E-state index in [1.165, 1.54) is 6.33 Å².